The van der Waals surface area contributed by atoms with Gasteiger partial charge in [-0.2, -0.15) is 5.10 Å². The van der Waals surface area contributed by atoms with Crippen molar-refractivity contribution < 1.29 is 14.3 Å². The van der Waals surface area contributed by atoms with E-state index < -0.39 is 5.91 Å². The second kappa shape index (κ2) is 9.94. The lowest BCUT2D eigenvalue weighted by atomic mass is 10.2. The number of carbonyl (C=O) groups excluding carboxylic acids is 2. The minimum Gasteiger partial charge on any atom is -0.484 e. The molecule has 2 rings (SSSR count). The highest BCUT2D eigenvalue weighted by Crippen LogP contribution is 2.25. The third-order valence-corrected chi connectivity index (χ3v) is 3.95. The Morgan fingerprint density at radius 1 is 1.07 bits per heavy atom. The number of aryl methyl sites for hydroxylation is 1. The zero-order chi connectivity index (χ0) is 19.8. The summed E-state index contributed by atoms with van der Waals surface area (Å²) in [6, 6.07) is 12.1. The van der Waals surface area contributed by atoms with E-state index in [1.165, 1.54) is 0 Å². The number of benzene rings is 2. The molecule has 8 heteroatoms. The summed E-state index contributed by atoms with van der Waals surface area (Å²) in [6.07, 6.45) is -0.0120. The first-order valence-electron chi connectivity index (χ1n) is 8.10. The maximum atomic E-state index is 12.0. The lowest BCUT2D eigenvalue weighted by Gasteiger charge is -2.08. The normalized spacial score (nSPS) is 11.0. The SMILES string of the molecule is C/C(CC(=O)Nc1cc(Cl)ccc1Cl)=N\NC(=O)COc1ccc(C)cc1. The van der Waals surface area contributed by atoms with Gasteiger partial charge in [0.1, 0.15) is 5.75 Å². The average molecular weight is 408 g/mol. The summed E-state index contributed by atoms with van der Waals surface area (Å²) >= 11 is 11.9. The van der Waals surface area contributed by atoms with Crippen LogP contribution in [0.25, 0.3) is 0 Å². The monoisotopic (exact) mass is 407 g/mol. The van der Waals surface area contributed by atoms with Gasteiger partial charge in [0, 0.05) is 10.7 Å². The molecule has 0 unspecified atom stereocenters. The van der Waals surface area contributed by atoms with E-state index in [1.807, 2.05) is 19.1 Å². The van der Waals surface area contributed by atoms with Crippen LogP contribution in [0.2, 0.25) is 10.0 Å². The number of hydrogen-bond donors (Lipinski definition) is 2. The molecule has 0 aliphatic carbocycles. The summed E-state index contributed by atoms with van der Waals surface area (Å²) in [5, 5.41) is 7.37. The number of hydrogen-bond acceptors (Lipinski definition) is 4. The minimum atomic E-state index is -0.423. The van der Waals surface area contributed by atoms with Gasteiger partial charge < -0.3 is 10.1 Å². The van der Waals surface area contributed by atoms with Crippen molar-refractivity contribution in [1.29, 1.82) is 0 Å². The van der Waals surface area contributed by atoms with Crippen LogP contribution in [0, 0.1) is 6.92 Å². The average Bonchev–Trinajstić information content (AvgIpc) is 2.62. The Balaban J connectivity index is 1.78. The van der Waals surface area contributed by atoms with Crippen molar-refractivity contribution in [3.05, 3.63) is 58.1 Å². The lowest BCUT2D eigenvalue weighted by molar-refractivity contribution is -0.123. The minimum absolute atomic E-state index is 0.0120. The molecule has 0 saturated heterocycles. The summed E-state index contributed by atoms with van der Waals surface area (Å²) in [4.78, 5) is 23.8. The number of rotatable bonds is 7. The maximum absolute atomic E-state index is 12.0. The molecule has 0 atom stereocenters. The first-order valence-corrected chi connectivity index (χ1v) is 8.85. The van der Waals surface area contributed by atoms with Gasteiger partial charge in [0.25, 0.3) is 5.91 Å². The Hall–Kier alpha value is -2.57. The summed E-state index contributed by atoms with van der Waals surface area (Å²) in [7, 11) is 0. The fourth-order valence-electron chi connectivity index (χ4n) is 2.03. The molecule has 0 aliphatic rings. The molecule has 0 radical (unpaired) electrons. The van der Waals surface area contributed by atoms with Crippen molar-refractivity contribution in [2.45, 2.75) is 20.3 Å². The van der Waals surface area contributed by atoms with Crippen LogP contribution in [0.15, 0.2) is 47.6 Å². The number of halogens is 2. The predicted molar refractivity (Wildman–Crippen MR) is 108 cm³/mol. The van der Waals surface area contributed by atoms with E-state index in [0.29, 0.717) is 27.2 Å². The summed E-state index contributed by atoms with van der Waals surface area (Å²) in [5.74, 6) is -0.159. The Bertz CT molecular complexity index is 852. The molecule has 2 amide bonds. The predicted octanol–water partition coefficient (Wildman–Crippen LogP) is 4.20. The third kappa shape index (κ3) is 7.29. The van der Waals surface area contributed by atoms with E-state index in [-0.39, 0.29) is 18.9 Å². The summed E-state index contributed by atoms with van der Waals surface area (Å²) in [5.41, 5.74) is 4.29. The topological polar surface area (TPSA) is 79.8 Å². The molecule has 0 heterocycles. The third-order valence-electron chi connectivity index (χ3n) is 3.38. The largest absolute Gasteiger partial charge is 0.484 e. The first-order chi connectivity index (χ1) is 12.8. The van der Waals surface area contributed by atoms with Crippen molar-refractivity contribution in [3.63, 3.8) is 0 Å². The number of nitrogens with one attached hydrogen (secondary N) is 2. The molecule has 0 fully saturated rings. The van der Waals surface area contributed by atoms with Crippen LogP contribution in [-0.2, 0) is 9.59 Å². The maximum Gasteiger partial charge on any atom is 0.277 e. The Morgan fingerprint density at radius 3 is 2.48 bits per heavy atom. The van der Waals surface area contributed by atoms with Crippen LogP contribution in [0.4, 0.5) is 5.69 Å². The van der Waals surface area contributed by atoms with Gasteiger partial charge in [-0.05, 0) is 44.2 Å². The molecular weight excluding hydrogens is 389 g/mol. The molecule has 27 heavy (non-hydrogen) atoms. The quantitative estimate of drug-likeness (QED) is 0.532. The zero-order valence-electron chi connectivity index (χ0n) is 14.9. The number of anilines is 1. The van der Waals surface area contributed by atoms with E-state index in [2.05, 4.69) is 15.8 Å². The number of amides is 2. The van der Waals surface area contributed by atoms with Crippen molar-refractivity contribution in [2.24, 2.45) is 5.10 Å². The van der Waals surface area contributed by atoms with Crippen LogP contribution in [-0.4, -0.2) is 24.1 Å². The van der Waals surface area contributed by atoms with E-state index in [9.17, 15) is 9.59 Å². The molecule has 142 valence electrons. The molecule has 2 aromatic rings. The van der Waals surface area contributed by atoms with Crippen LogP contribution in [0.5, 0.6) is 5.75 Å². The van der Waals surface area contributed by atoms with Gasteiger partial charge in [0.15, 0.2) is 6.61 Å². The van der Waals surface area contributed by atoms with Crippen LogP contribution in [0.3, 0.4) is 0 Å². The van der Waals surface area contributed by atoms with Crippen molar-refractivity contribution in [3.8, 4) is 5.75 Å². The smallest absolute Gasteiger partial charge is 0.277 e. The molecule has 0 spiro atoms. The molecule has 0 aliphatic heterocycles. The van der Waals surface area contributed by atoms with Crippen molar-refractivity contribution in [1.82, 2.24) is 5.43 Å². The Labute approximate surface area is 167 Å². The van der Waals surface area contributed by atoms with Crippen molar-refractivity contribution >= 4 is 46.4 Å². The summed E-state index contributed by atoms with van der Waals surface area (Å²) < 4.78 is 5.35. The van der Waals surface area contributed by atoms with Gasteiger partial charge in [-0.25, -0.2) is 5.43 Å². The standard InChI is InChI=1S/C19H19Cl2N3O3/c1-12-3-6-15(7-4-12)27-11-19(26)24-23-13(2)9-18(25)22-17-10-14(20)5-8-16(17)21/h3-8,10H,9,11H2,1-2H3,(H,22,25)(H,24,26)/b23-13+. The van der Waals surface area contributed by atoms with Crippen molar-refractivity contribution in [2.75, 3.05) is 11.9 Å². The van der Waals surface area contributed by atoms with Crippen LogP contribution >= 0.6 is 23.2 Å². The first kappa shape index (κ1) is 20.7. The van der Waals surface area contributed by atoms with Crippen LogP contribution < -0.4 is 15.5 Å². The number of ether oxygens (including phenoxy) is 1. The molecule has 2 N–H and O–H groups in total. The van der Waals surface area contributed by atoms with Gasteiger partial charge in [-0.15, -0.1) is 0 Å². The highest BCUT2D eigenvalue weighted by Gasteiger charge is 2.09. The molecule has 0 bridgehead atoms. The van der Waals surface area contributed by atoms with Gasteiger partial charge >= 0.3 is 0 Å². The summed E-state index contributed by atoms with van der Waals surface area (Å²) in [6.45, 7) is 3.41. The number of nitrogens with zero attached hydrogens (tertiary/aromatic N) is 1. The second-order valence-corrected chi connectivity index (χ2v) is 6.68. The fraction of sp³-hybridized carbons (Fsp3) is 0.211. The highest BCUT2D eigenvalue weighted by molar-refractivity contribution is 6.35. The van der Waals surface area contributed by atoms with Crippen LogP contribution in [0.1, 0.15) is 18.9 Å². The Morgan fingerprint density at radius 2 is 1.78 bits per heavy atom. The van der Waals surface area contributed by atoms with Gasteiger partial charge in [0.05, 0.1) is 17.1 Å². The number of carbonyl (C=O) groups is 2. The number of hydrazone groups is 1. The van der Waals surface area contributed by atoms with E-state index in [1.54, 1.807) is 37.3 Å². The second-order valence-electron chi connectivity index (χ2n) is 5.83. The Kier molecular flexibility index (Phi) is 7.64. The van der Waals surface area contributed by atoms with Gasteiger partial charge in [-0.1, -0.05) is 40.9 Å². The van der Waals surface area contributed by atoms with E-state index in [4.69, 9.17) is 27.9 Å². The molecule has 2 aromatic carbocycles. The fourth-order valence-corrected chi connectivity index (χ4v) is 2.37. The molecule has 6 nitrogen and oxygen atoms in total. The van der Waals surface area contributed by atoms with E-state index in [0.717, 1.165) is 5.56 Å². The molecule has 0 aromatic heterocycles. The lowest BCUT2D eigenvalue weighted by Crippen LogP contribution is -2.26. The highest BCUT2D eigenvalue weighted by atomic mass is 35.5. The molecule has 0 saturated carbocycles. The zero-order valence-corrected chi connectivity index (χ0v) is 16.4. The van der Waals surface area contributed by atoms with Gasteiger partial charge in [0.2, 0.25) is 5.91 Å². The van der Waals surface area contributed by atoms with Gasteiger partial charge in [-0.3, -0.25) is 9.59 Å². The molecular formula is C19H19Cl2N3O3. The van der Waals surface area contributed by atoms with E-state index >= 15 is 0 Å².